The summed E-state index contributed by atoms with van der Waals surface area (Å²) in [6.45, 7) is -0.110. The molecule has 0 bridgehead atoms. The van der Waals surface area contributed by atoms with E-state index < -0.39 is 23.6 Å². The zero-order valence-corrected chi connectivity index (χ0v) is 15.3. The molecule has 2 heterocycles. The Morgan fingerprint density at radius 2 is 1.83 bits per heavy atom. The lowest BCUT2D eigenvalue weighted by Gasteiger charge is -2.32. The summed E-state index contributed by atoms with van der Waals surface area (Å²) in [7, 11) is 1.52. The fourth-order valence-corrected chi connectivity index (χ4v) is 3.70. The normalized spacial score (nSPS) is 19.3. The van der Waals surface area contributed by atoms with E-state index in [0.717, 1.165) is 17.7 Å². The van der Waals surface area contributed by atoms with Gasteiger partial charge in [-0.1, -0.05) is 12.1 Å². The highest BCUT2D eigenvalue weighted by Gasteiger charge is 2.43. The van der Waals surface area contributed by atoms with E-state index in [4.69, 9.17) is 9.47 Å². The van der Waals surface area contributed by atoms with Gasteiger partial charge >= 0.3 is 12.1 Å². The van der Waals surface area contributed by atoms with Crippen molar-refractivity contribution in [2.24, 2.45) is 0 Å². The predicted molar refractivity (Wildman–Crippen MR) is 97.3 cm³/mol. The number of methoxy groups -OCH3 is 1. The van der Waals surface area contributed by atoms with Crippen LogP contribution in [0.3, 0.4) is 0 Å². The molecule has 150 valence electrons. The zero-order valence-electron chi connectivity index (χ0n) is 15.3. The van der Waals surface area contributed by atoms with Gasteiger partial charge in [-0.25, -0.2) is 4.79 Å². The van der Waals surface area contributed by atoms with Gasteiger partial charge in [0.25, 0.3) is 0 Å². The first-order valence-corrected chi connectivity index (χ1v) is 8.84. The second-order valence-corrected chi connectivity index (χ2v) is 6.74. The van der Waals surface area contributed by atoms with Crippen molar-refractivity contribution in [2.75, 3.05) is 18.6 Å². The standard InChI is InChI=1S/C21H16F3NO4/c1-28-15-4-2-3-12(9-15)16-10-18(26)25(17-11-29-20(27)19(16)17)14-7-5-13(6-8-14)21(22,23)24/h2-9,16H,10-11H2,1H3/t16-/m1/s1. The van der Waals surface area contributed by atoms with E-state index in [9.17, 15) is 22.8 Å². The van der Waals surface area contributed by atoms with Crippen molar-refractivity contribution in [1.82, 2.24) is 0 Å². The maximum atomic E-state index is 12.9. The summed E-state index contributed by atoms with van der Waals surface area (Å²) in [5.74, 6) is -0.770. The molecule has 0 saturated carbocycles. The van der Waals surface area contributed by atoms with Crippen molar-refractivity contribution in [3.63, 3.8) is 0 Å². The van der Waals surface area contributed by atoms with Gasteiger partial charge in [0.2, 0.25) is 5.91 Å². The van der Waals surface area contributed by atoms with Gasteiger partial charge in [0.1, 0.15) is 12.4 Å². The lowest BCUT2D eigenvalue weighted by molar-refractivity contribution is -0.138. The lowest BCUT2D eigenvalue weighted by atomic mass is 9.84. The maximum absolute atomic E-state index is 12.9. The fourth-order valence-electron chi connectivity index (χ4n) is 3.70. The number of hydrogen-bond donors (Lipinski definition) is 0. The molecule has 0 saturated heterocycles. The predicted octanol–water partition coefficient (Wildman–Crippen LogP) is 4.05. The minimum atomic E-state index is -4.47. The van der Waals surface area contributed by atoms with Gasteiger partial charge in [0.15, 0.2) is 0 Å². The van der Waals surface area contributed by atoms with Gasteiger partial charge in [-0.15, -0.1) is 0 Å². The topological polar surface area (TPSA) is 55.8 Å². The molecule has 8 heteroatoms. The van der Waals surface area contributed by atoms with Gasteiger partial charge in [-0.2, -0.15) is 13.2 Å². The van der Waals surface area contributed by atoms with Gasteiger partial charge in [-0.3, -0.25) is 9.69 Å². The molecule has 0 spiro atoms. The molecule has 0 fully saturated rings. The first kappa shape index (κ1) is 19.0. The third-order valence-corrected chi connectivity index (χ3v) is 5.07. The molecular weight excluding hydrogens is 387 g/mol. The summed E-state index contributed by atoms with van der Waals surface area (Å²) in [6.07, 6.45) is -4.49. The van der Waals surface area contributed by atoms with Crippen LogP contribution in [0.2, 0.25) is 0 Å². The third-order valence-electron chi connectivity index (χ3n) is 5.07. The molecule has 2 aromatic carbocycles. The molecule has 2 aromatic rings. The van der Waals surface area contributed by atoms with Gasteiger partial charge in [0, 0.05) is 18.0 Å². The monoisotopic (exact) mass is 403 g/mol. The number of carbonyl (C=O) groups is 2. The molecule has 0 aliphatic carbocycles. The Balaban J connectivity index is 1.76. The first-order chi connectivity index (χ1) is 13.8. The summed E-state index contributed by atoms with van der Waals surface area (Å²) in [6, 6.07) is 11.3. The molecule has 1 atom stereocenters. The minimum absolute atomic E-state index is 0.0118. The number of esters is 1. The summed E-state index contributed by atoms with van der Waals surface area (Å²) in [5.41, 5.74) is 0.888. The second kappa shape index (κ2) is 6.95. The summed E-state index contributed by atoms with van der Waals surface area (Å²) in [5, 5.41) is 0. The van der Waals surface area contributed by atoms with Crippen LogP contribution in [-0.2, 0) is 20.5 Å². The van der Waals surface area contributed by atoms with Crippen LogP contribution in [0, 0.1) is 0 Å². The number of benzene rings is 2. The highest BCUT2D eigenvalue weighted by molar-refractivity contribution is 6.06. The molecule has 29 heavy (non-hydrogen) atoms. The SMILES string of the molecule is COc1cccc([C@H]2CC(=O)N(c3ccc(C(F)(F)F)cc3)C3=C2C(=O)OC3)c1. The molecular formula is C21H16F3NO4. The zero-order chi connectivity index (χ0) is 20.8. The van der Waals surface area contributed by atoms with Crippen molar-refractivity contribution in [3.05, 3.63) is 70.9 Å². The Morgan fingerprint density at radius 1 is 1.10 bits per heavy atom. The van der Waals surface area contributed by atoms with Crippen LogP contribution in [0.25, 0.3) is 0 Å². The number of nitrogens with zero attached hydrogens (tertiary/aromatic N) is 1. The number of alkyl halides is 3. The van der Waals surface area contributed by atoms with E-state index in [2.05, 4.69) is 0 Å². The van der Waals surface area contributed by atoms with E-state index in [1.54, 1.807) is 24.3 Å². The van der Waals surface area contributed by atoms with E-state index in [1.807, 2.05) is 0 Å². The van der Waals surface area contributed by atoms with Crippen LogP contribution in [0.4, 0.5) is 18.9 Å². The Morgan fingerprint density at radius 3 is 2.48 bits per heavy atom. The maximum Gasteiger partial charge on any atom is 0.416 e. The molecule has 0 radical (unpaired) electrons. The number of hydrogen-bond acceptors (Lipinski definition) is 4. The number of ether oxygens (including phenoxy) is 2. The number of halogens is 3. The molecule has 2 aliphatic rings. The van der Waals surface area contributed by atoms with Gasteiger partial charge < -0.3 is 9.47 Å². The molecule has 1 amide bonds. The number of carbonyl (C=O) groups excluding carboxylic acids is 2. The number of amides is 1. The molecule has 0 unspecified atom stereocenters. The summed E-state index contributed by atoms with van der Waals surface area (Å²) in [4.78, 5) is 26.6. The Bertz CT molecular complexity index is 1010. The fraction of sp³-hybridized carbons (Fsp3) is 0.238. The molecule has 4 rings (SSSR count). The van der Waals surface area contributed by atoms with Gasteiger partial charge in [0.05, 0.1) is 23.9 Å². The van der Waals surface area contributed by atoms with E-state index in [0.29, 0.717) is 17.0 Å². The van der Waals surface area contributed by atoms with Crippen molar-refractivity contribution in [3.8, 4) is 5.75 Å². The van der Waals surface area contributed by atoms with Crippen LogP contribution in [0.15, 0.2) is 59.8 Å². The average Bonchev–Trinajstić information content (AvgIpc) is 3.08. The Kier molecular flexibility index (Phi) is 4.56. The van der Waals surface area contributed by atoms with Crippen molar-refractivity contribution in [2.45, 2.75) is 18.5 Å². The van der Waals surface area contributed by atoms with Crippen LogP contribution in [-0.4, -0.2) is 25.6 Å². The number of rotatable bonds is 3. The quantitative estimate of drug-likeness (QED) is 0.726. The van der Waals surface area contributed by atoms with E-state index >= 15 is 0 Å². The highest BCUT2D eigenvalue weighted by atomic mass is 19.4. The lowest BCUT2D eigenvalue weighted by Crippen LogP contribution is -2.37. The average molecular weight is 403 g/mol. The third kappa shape index (κ3) is 3.35. The first-order valence-electron chi connectivity index (χ1n) is 8.84. The minimum Gasteiger partial charge on any atom is -0.497 e. The van der Waals surface area contributed by atoms with Crippen LogP contribution in [0.5, 0.6) is 5.75 Å². The molecule has 2 aliphatic heterocycles. The van der Waals surface area contributed by atoms with Crippen molar-refractivity contribution < 1.29 is 32.2 Å². The molecule has 0 aromatic heterocycles. The van der Waals surface area contributed by atoms with E-state index in [-0.39, 0.29) is 24.6 Å². The van der Waals surface area contributed by atoms with Crippen molar-refractivity contribution in [1.29, 1.82) is 0 Å². The van der Waals surface area contributed by atoms with Crippen LogP contribution in [0.1, 0.15) is 23.5 Å². The smallest absolute Gasteiger partial charge is 0.416 e. The highest BCUT2D eigenvalue weighted by Crippen LogP contribution is 2.42. The van der Waals surface area contributed by atoms with Crippen LogP contribution >= 0.6 is 0 Å². The second-order valence-electron chi connectivity index (χ2n) is 6.74. The molecule has 0 N–H and O–H groups in total. The van der Waals surface area contributed by atoms with E-state index in [1.165, 1.54) is 24.1 Å². The van der Waals surface area contributed by atoms with Crippen molar-refractivity contribution >= 4 is 17.6 Å². The Labute approximate surface area is 164 Å². The largest absolute Gasteiger partial charge is 0.497 e. The summed E-state index contributed by atoms with van der Waals surface area (Å²) < 4.78 is 48.9. The summed E-state index contributed by atoms with van der Waals surface area (Å²) >= 11 is 0. The van der Waals surface area contributed by atoms with Crippen LogP contribution < -0.4 is 9.64 Å². The van der Waals surface area contributed by atoms with Gasteiger partial charge in [-0.05, 0) is 42.0 Å². The Hall–Kier alpha value is -3.29. The number of anilines is 1. The number of cyclic esters (lactones) is 1. The molecule has 5 nitrogen and oxygen atoms in total.